The molecular weight excluding hydrogens is 372 g/mol. The second kappa shape index (κ2) is 8.83. The molecule has 3 rings (SSSR count). The molecule has 0 spiro atoms. The minimum absolute atomic E-state index is 0.0353. The van der Waals surface area contributed by atoms with Crippen molar-refractivity contribution in [1.29, 1.82) is 0 Å². The Balaban J connectivity index is 1.56. The summed E-state index contributed by atoms with van der Waals surface area (Å²) in [7, 11) is 0. The number of anilines is 2. The van der Waals surface area contributed by atoms with Crippen LogP contribution < -0.4 is 10.6 Å². The summed E-state index contributed by atoms with van der Waals surface area (Å²) >= 11 is 0. The summed E-state index contributed by atoms with van der Waals surface area (Å²) in [5.74, 6) is 0. The van der Waals surface area contributed by atoms with Crippen LogP contribution in [-0.4, -0.2) is 9.85 Å². The Morgan fingerprint density at radius 3 is 1.72 bits per heavy atom. The Hall–Kier alpha value is -3.94. The second-order valence-electron chi connectivity index (χ2n) is 6.57. The molecule has 0 aromatic heterocycles. The van der Waals surface area contributed by atoms with Crippen molar-refractivity contribution in [3.8, 4) is 0 Å². The molecular formula is C21H20N4O4. The van der Waals surface area contributed by atoms with E-state index in [1.807, 2.05) is 31.2 Å². The van der Waals surface area contributed by atoms with Crippen molar-refractivity contribution in [2.45, 2.75) is 19.5 Å². The molecule has 0 fully saturated rings. The van der Waals surface area contributed by atoms with E-state index in [4.69, 9.17) is 0 Å². The van der Waals surface area contributed by atoms with Crippen LogP contribution in [0.3, 0.4) is 0 Å². The molecule has 1 unspecified atom stereocenters. The van der Waals surface area contributed by atoms with Crippen LogP contribution >= 0.6 is 0 Å². The van der Waals surface area contributed by atoms with Gasteiger partial charge in [0.25, 0.3) is 11.4 Å². The molecule has 0 heterocycles. The maximum atomic E-state index is 10.7. The fourth-order valence-electron chi connectivity index (χ4n) is 2.84. The molecule has 148 valence electrons. The Kier molecular flexibility index (Phi) is 6.03. The topological polar surface area (TPSA) is 110 Å². The van der Waals surface area contributed by atoms with E-state index in [1.54, 1.807) is 24.3 Å². The van der Waals surface area contributed by atoms with Gasteiger partial charge in [0, 0.05) is 48.2 Å². The largest absolute Gasteiger partial charge is 0.381 e. The third kappa shape index (κ3) is 5.29. The third-order valence-corrected chi connectivity index (χ3v) is 4.52. The molecule has 1 atom stereocenters. The lowest BCUT2D eigenvalue weighted by Crippen LogP contribution is -2.07. The molecule has 0 aliphatic heterocycles. The Bertz CT molecular complexity index is 987. The third-order valence-electron chi connectivity index (χ3n) is 4.52. The van der Waals surface area contributed by atoms with Crippen LogP contribution in [0.25, 0.3) is 0 Å². The number of nitro benzene ring substituents is 2. The number of non-ortho nitro benzene ring substituents is 2. The smallest absolute Gasteiger partial charge is 0.269 e. The SMILES string of the molecule is CC(Nc1ccc([N+](=O)[O-])cc1)c1ccc(CNc2ccc([N+](=O)[O-])cc2)cc1. The fourth-order valence-corrected chi connectivity index (χ4v) is 2.84. The predicted molar refractivity (Wildman–Crippen MR) is 112 cm³/mol. The van der Waals surface area contributed by atoms with Gasteiger partial charge < -0.3 is 10.6 Å². The first kappa shape index (κ1) is 19.8. The summed E-state index contributed by atoms with van der Waals surface area (Å²) in [4.78, 5) is 20.6. The highest BCUT2D eigenvalue weighted by molar-refractivity contribution is 5.51. The van der Waals surface area contributed by atoms with E-state index >= 15 is 0 Å². The lowest BCUT2D eigenvalue weighted by Gasteiger charge is -2.16. The molecule has 0 aliphatic rings. The van der Waals surface area contributed by atoms with E-state index in [2.05, 4.69) is 10.6 Å². The van der Waals surface area contributed by atoms with Crippen LogP contribution in [0, 0.1) is 20.2 Å². The van der Waals surface area contributed by atoms with Crippen molar-refractivity contribution < 1.29 is 9.85 Å². The minimum Gasteiger partial charge on any atom is -0.381 e. The highest BCUT2D eigenvalue weighted by Crippen LogP contribution is 2.22. The maximum Gasteiger partial charge on any atom is 0.269 e. The van der Waals surface area contributed by atoms with E-state index in [0.717, 1.165) is 22.5 Å². The average molecular weight is 392 g/mol. The quantitative estimate of drug-likeness (QED) is 0.398. The zero-order chi connectivity index (χ0) is 20.8. The van der Waals surface area contributed by atoms with Crippen LogP contribution in [-0.2, 0) is 6.54 Å². The fraction of sp³-hybridized carbons (Fsp3) is 0.143. The van der Waals surface area contributed by atoms with Gasteiger partial charge in [0.1, 0.15) is 0 Å². The van der Waals surface area contributed by atoms with Gasteiger partial charge in [-0.05, 0) is 42.3 Å². The van der Waals surface area contributed by atoms with E-state index in [1.165, 1.54) is 24.3 Å². The zero-order valence-corrected chi connectivity index (χ0v) is 15.7. The number of hydrogen-bond donors (Lipinski definition) is 2. The van der Waals surface area contributed by atoms with Crippen LogP contribution in [0.4, 0.5) is 22.7 Å². The van der Waals surface area contributed by atoms with Gasteiger partial charge in [-0.15, -0.1) is 0 Å². The molecule has 0 radical (unpaired) electrons. The minimum atomic E-state index is -0.422. The molecule has 3 aromatic rings. The van der Waals surface area contributed by atoms with Gasteiger partial charge >= 0.3 is 0 Å². The molecule has 0 saturated carbocycles. The number of hydrogen-bond acceptors (Lipinski definition) is 6. The summed E-state index contributed by atoms with van der Waals surface area (Å²) < 4.78 is 0. The van der Waals surface area contributed by atoms with Crippen LogP contribution in [0.15, 0.2) is 72.8 Å². The van der Waals surface area contributed by atoms with Crippen molar-refractivity contribution in [3.05, 3.63) is 104 Å². The van der Waals surface area contributed by atoms with Gasteiger partial charge in [0.2, 0.25) is 0 Å². The summed E-state index contributed by atoms with van der Waals surface area (Å²) in [6.07, 6.45) is 0. The molecule has 2 N–H and O–H groups in total. The summed E-state index contributed by atoms with van der Waals surface area (Å²) in [6.45, 7) is 2.62. The lowest BCUT2D eigenvalue weighted by molar-refractivity contribution is -0.385. The first-order valence-corrected chi connectivity index (χ1v) is 9.00. The molecule has 0 saturated heterocycles. The van der Waals surface area contributed by atoms with Crippen molar-refractivity contribution in [2.24, 2.45) is 0 Å². The lowest BCUT2D eigenvalue weighted by atomic mass is 10.1. The van der Waals surface area contributed by atoms with E-state index in [0.29, 0.717) is 6.54 Å². The maximum absolute atomic E-state index is 10.7. The van der Waals surface area contributed by atoms with Gasteiger partial charge in [-0.2, -0.15) is 0 Å². The van der Waals surface area contributed by atoms with Gasteiger partial charge in [0.05, 0.1) is 9.85 Å². The molecule has 0 amide bonds. The summed E-state index contributed by atoms with van der Waals surface area (Å²) in [5, 5.41) is 28.0. The summed E-state index contributed by atoms with van der Waals surface area (Å²) in [6, 6.07) is 20.8. The number of benzene rings is 3. The van der Waals surface area contributed by atoms with Crippen LogP contribution in [0.5, 0.6) is 0 Å². The van der Waals surface area contributed by atoms with Gasteiger partial charge in [-0.25, -0.2) is 0 Å². The normalized spacial score (nSPS) is 11.5. The monoisotopic (exact) mass is 392 g/mol. The second-order valence-corrected chi connectivity index (χ2v) is 6.57. The molecule has 29 heavy (non-hydrogen) atoms. The van der Waals surface area contributed by atoms with Gasteiger partial charge in [-0.3, -0.25) is 20.2 Å². The van der Waals surface area contributed by atoms with Crippen LogP contribution in [0.1, 0.15) is 24.1 Å². The first-order chi connectivity index (χ1) is 13.9. The highest BCUT2D eigenvalue weighted by atomic mass is 16.6. The van der Waals surface area contributed by atoms with Crippen molar-refractivity contribution >= 4 is 22.7 Å². The standard InChI is InChI=1S/C21H20N4O4/c1-15(23-19-8-12-21(13-9-19)25(28)29)17-4-2-16(3-5-17)14-22-18-6-10-20(11-7-18)24(26)27/h2-13,15,22-23H,14H2,1H3. The number of nitro groups is 2. The summed E-state index contributed by atoms with van der Waals surface area (Å²) in [5.41, 5.74) is 3.92. The highest BCUT2D eigenvalue weighted by Gasteiger charge is 2.08. The first-order valence-electron chi connectivity index (χ1n) is 9.00. The van der Waals surface area contributed by atoms with Crippen molar-refractivity contribution in [1.82, 2.24) is 0 Å². The Labute approximate surface area is 167 Å². The Morgan fingerprint density at radius 1 is 0.759 bits per heavy atom. The van der Waals surface area contributed by atoms with Crippen molar-refractivity contribution in [2.75, 3.05) is 10.6 Å². The zero-order valence-electron chi connectivity index (χ0n) is 15.7. The number of nitrogens with zero attached hydrogens (tertiary/aromatic N) is 2. The molecule has 8 heteroatoms. The number of nitrogens with one attached hydrogen (secondary N) is 2. The average Bonchev–Trinajstić information content (AvgIpc) is 2.73. The molecule has 8 nitrogen and oxygen atoms in total. The van der Waals surface area contributed by atoms with E-state index < -0.39 is 9.85 Å². The van der Waals surface area contributed by atoms with Gasteiger partial charge in [0.15, 0.2) is 0 Å². The van der Waals surface area contributed by atoms with Crippen LogP contribution in [0.2, 0.25) is 0 Å². The van der Waals surface area contributed by atoms with E-state index in [-0.39, 0.29) is 17.4 Å². The molecule has 3 aromatic carbocycles. The van der Waals surface area contributed by atoms with E-state index in [9.17, 15) is 20.2 Å². The molecule has 0 aliphatic carbocycles. The predicted octanol–water partition coefficient (Wildman–Crippen LogP) is 5.29. The van der Waals surface area contributed by atoms with Crippen molar-refractivity contribution in [3.63, 3.8) is 0 Å². The van der Waals surface area contributed by atoms with Gasteiger partial charge in [-0.1, -0.05) is 24.3 Å². The Morgan fingerprint density at radius 2 is 1.24 bits per heavy atom. The molecule has 0 bridgehead atoms. The number of rotatable bonds is 8.